The Bertz CT molecular complexity index is 864. The Morgan fingerprint density at radius 3 is 3.00 bits per heavy atom. The van der Waals surface area contributed by atoms with Crippen LogP contribution in [0.5, 0.6) is 0 Å². The second kappa shape index (κ2) is 7.53. The van der Waals surface area contributed by atoms with Gasteiger partial charge in [-0.2, -0.15) is 5.10 Å². The van der Waals surface area contributed by atoms with E-state index in [0.717, 1.165) is 37.2 Å². The first-order valence-corrected chi connectivity index (χ1v) is 8.91. The Hall–Kier alpha value is -2.93. The Morgan fingerprint density at radius 1 is 1.27 bits per heavy atom. The fraction of sp³-hybridized carbons (Fsp3) is 0.316. The minimum Gasteiger partial charge on any atom is -0.346 e. The van der Waals surface area contributed by atoms with Crippen LogP contribution in [0.2, 0.25) is 0 Å². The second-order valence-corrected chi connectivity index (χ2v) is 6.46. The van der Waals surface area contributed by atoms with Gasteiger partial charge in [0.2, 0.25) is 0 Å². The van der Waals surface area contributed by atoms with E-state index in [1.54, 1.807) is 18.6 Å². The molecule has 1 saturated heterocycles. The van der Waals surface area contributed by atoms with Gasteiger partial charge in [-0.25, -0.2) is 4.98 Å². The van der Waals surface area contributed by atoms with Gasteiger partial charge in [-0.1, -0.05) is 18.2 Å². The lowest BCUT2D eigenvalue weighted by Gasteiger charge is -2.22. The van der Waals surface area contributed by atoms with Crippen molar-refractivity contribution in [3.05, 3.63) is 66.5 Å². The first-order chi connectivity index (χ1) is 12.8. The first kappa shape index (κ1) is 16.5. The molecular weight excluding hydrogens is 328 g/mol. The van der Waals surface area contributed by atoms with Crippen LogP contribution < -0.4 is 10.6 Å². The number of hydrogen-bond donors (Lipinski definition) is 2. The second-order valence-electron chi connectivity index (χ2n) is 6.46. The lowest BCUT2D eigenvalue weighted by atomic mass is 10.1. The zero-order valence-electron chi connectivity index (χ0n) is 14.5. The van der Waals surface area contributed by atoms with E-state index in [1.807, 2.05) is 45.9 Å². The van der Waals surface area contributed by atoms with Gasteiger partial charge in [0.25, 0.3) is 5.91 Å². The SMILES string of the molecule is O=C(NCc1ccccc1-n1ccnc1)c1ccn(C2CCCNC2)n1. The molecule has 134 valence electrons. The molecule has 0 radical (unpaired) electrons. The Kier molecular flexibility index (Phi) is 4.79. The molecule has 7 nitrogen and oxygen atoms in total. The normalized spacial score (nSPS) is 17.2. The highest BCUT2D eigenvalue weighted by atomic mass is 16.1. The minimum absolute atomic E-state index is 0.159. The number of amides is 1. The van der Waals surface area contributed by atoms with Crippen LogP contribution in [0, 0.1) is 0 Å². The third kappa shape index (κ3) is 3.52. The number of nitrogens with one attached hydrogen (secondary N) is 2. The zero-order chi connectivity index (χ0) is 17.8. The van der Waals surface area contributed by atoms with Crippen LogP contribution >= 0.6 is 0 Å². The smallest absolute Gasteiger partial charge is 0.272 e. The van der Waals surface area contributed by atoms with Crippen LogP contribution in [0.3, 0.4) is 0 Å². The van der Waals surface area contributed by atoms with Crippen LogP contribution in [0.25, 0.3) is 5.69 Å². The van der Waals surface area contributed by atoms with E-state index in [1.165, 1.54) is 0 Å². The summed E-state index contributed by atoms with van der Waals surface area (Å²) in [6.45, 7) is 2.40. The van der Waals surface area contributed by atoms with E-state index in [-0.39, 0.29) is 5.91 Å². The van der Waals surface area contributed by atoms with Crippen LogP contribution in [-0.4, -0.2) is 38.3 Å². The summed E-state index contributed by atoms with van der Waals surface area (Å²) in [6.07, 6.45) is 9.50. The fourth-order valence-electron chi connectivity index (χ4n) is 3.30. The molecule has 1 aliphatic rings. The highest BCUT2D eigenvalue weighted by Crippen LogP contribution is 2.16. The van der Waals surface area contributed by atoms with Crippen LogP contribution in [0.4, 0.5) is 0 Å². The fourth-order valence-corrected chi connectivity index (χ4v) is 3.30. The summed E-state index contributed by atoms with van der Waals surface area (Å²) in [6, 6.07) is 10.1. The summed E-state index contributed by atoms with van der Waals surface area (Å²) >= 11 is 0. The molecular formula is C19H22N6O. The van der Waals surface area contributed by atoms with Gasteiger partial charge in [0.05, 0.1) is 18.1 Å². The first-order valence-electron chi connectivity index (χ1n) is 8.91. The molecule has 2 aromatic heterocycles. The Balaban J connectivity index is 1.43. The highest BCUT2D eigenvalue weighted by Gasteiger charge is 2.17. The largest absolute Gasteiger partial charge is 0.346 e. The summed E-state index contributed by atoms with van der Waals surface area (Å²) in [4.78, 5) is 16.6. The Labute approximate surface area is 152 Å². The monoisotopic (exact) mass is 350 g/mol. The van der Waals surface area contributed by atoms with Gasteiger partial charge in [0.1, 0.15) is 5.69 Å². The standard InChI is InChI=1S/C19H22N6O/c26-19(17-7-10-25(23-17)16-5-3-8-20-13-16)22-12-15-4-1-2-6-18(15)24-11-9-21-14-24/h1-2,4,6-7,9-11,14,16,20H,3,5,8,12-13H2,(H,22,26). The lowest BCUT2D eigenvalue weighted by Crippen LogP contribution is -2.32. The molecule has 0 aliphatic carbocycles. The molecule has 2 N–H and O–H groups in total. The summed E-state index contributed by atoms with van der Waals surface area (Å²) in [5.74, 6) is -0.159. The van der Waals surface area contributed by atoms with E-state index in [9.17, 15) is 4.79 Å². The summed E-state index contributed by atoms with van der Waals surface area (Å²) in [5, 5.41) is 10.8. The lowest BCUT2D eigenvalue weighted by molar-refractivity contribution is 0.0944. The maximum absolute atomic E-state index is 12.5. The van der Waals surface area contributed by atoms with Crippen LogP contribution in [0.1, 0.15) is 34.9 Å². The van der Waals surface area contributed by atoms with Crippen molar-refractivity contribution in [2.45, 2.75) is 25.4 Å². The molecule has 0 bridgehead atoms. The Morgan fingerprint density at radius 2 is 2.19 bits per heavy atom. The van der Waals surface area contributed by atoms with E-state index >= 15 is 0 Å². The molecule has 1 fully saturated rings. The van der Waals surface area contributed by atoms with E-state index in [2.05, 4.69) is 20.7 Å². The predicted octanol–water partition coefficient (Wildman–Crippen LogP) is 1.92. The summed E-state index contributed by atoms with van der Waals surface area (Å²) in [7, 11) is 0. The molecule has 4 rings (SSSR count). The molecule has 3 heterocycles. The van der Waals surface area contributed by atoms with E-state index in [4.69, 9.17) is 0 Å². The van der Waals surface area contributed by atoms with E-state index in [0.29, 0.717) is 18.3 Å². The number of carbonyl (C=O) groups excluding carboxylic acids is 1. The summed E-state index contributed by atoms with van der Waals surface area (Å²) in [5.41, 5.74) is 2.48. The van der Waals surface area contributed by atoms with Crippen molar-refractivity contribution in [3.63, 3.8) is 0 Å². The van der Waals surface area contributed by atoms with Crippen molar-refractivity contribution >= 4 is 5.91 Å². The quantitative estimate of drug-likeness (QED) is 0.737. The molecule has 1 unspecified atom stereocenters. The molecule has 3 aromatic rings. The van der Waals surface area contributed by atoms with Gasteiger partial charge in [-0.05, 0) is 37.1 Å². The molecule has 1 aliphatic heterocycles. The van der Waals surface area contributed by atoms with Gasteiger partial charge >= 0.3 is 0 Å². The maximum Gasteiger partial charge on any atom is 0.272 e. The average molecular weight is 350 g/mol. The molecule has 1 amide bonds. The zero-order valence-corrected chi connectivity index (χ0v) is 14.5. The number of nitrogens with zero attached hydrogens (tertiary/aromatic N) is 4. The number of para-hydroxylation sites is 1. The van der Waals surface area contributed by atoms with Gasteiger partial charge < -0.3 is 15.2 Å². The topological polar surface area (TPSA) is 76.8 Å². The van der Waals surface area contributed by atoms with Crippen molar-refractivity contribution in [1.82, 2.24) is 30.0 Å². The van der Waals surface area contributed by atoms with Crippen molar-refractivity contribution < 1.29 is 4.79 Å². The van der Waals surface area contributed by atoms with E-state index < -0.39 is 0 Å². The molecule has 1 aromatic carbocycles. The van der Waals surface area contributed by atoms with Crippen molar-refractivity contribution in [2.75, 3.05) is 13.1 Å². The van der Waals surface area contributed by atoms with Crippen molar-refractivity contribution in [1.29, 1.82) is 0 Å². The van der Waals surface area contributed by atoms with Crippen molar-refractivity contribution in [3.8, 4) is 5.69 Å². The average Bonchev–Trinajstić information content (AvgIpc) is 3.39. The number of carbonyl (C=O) groups is 1. The predicted molar refractivity (Wildman–Crippen MR) is 98.1 cm³/mol. The highest BCUT2D eigenvalue weighted by molar-refractivity contribution is 5.92. The summed E-state index contributed by atoms with van der Waals surface area (Å²) < 4.78 is 3.84. The van der Waals surface area contributed by atoms with Crippen molar-refractivity contribution in [2.24, 2.45) is 0 Å². The van der Waals surface area contributed by atoms with Crippen LogP contribution in [0.15, 0.2) is 55.2 Å². The number of aromatic nitrogens is 4. The third-order valence-electron chi connectivity index (χ3n) is 4.70. The maximum atomic E-state index is 12.5. The number of imidazole rings is 1. The molecule has 26 heavy (non-hydrogen) atoms. The number of benzene rings is 1. The molecule has 0 spiro atoms. The molecule has 1 atom stereocenters. The van der Waals surface area contributed by atoms with Gasteiger partial charge in [0, 0.05) is 31.7 Å². The minimum atomic E-state index is -0.159. The number of rotatable bonds is 5. The molecule has 7 heteroatoms. The molecule has 0 saturated carbocycles. The number of hydrogen-bond acceptors (Lipinski definition) is 4. The number of piperidine rings is 1. The van der Waals surface area contributed by atoms with Gasteiger partial charge in [-0.15, -0.1) is 0 Å². The third-order valence-corrected chi connectivity index (χ3v) is 4.70. The van der Waals surface area contributed by atoms with Gasteiger partial charge in [-0.3, -0.25) is 9.48 Å². The van der Waals surface area contributed by atoms with Crippen LogP contribution in [-0.2, 0) is 6.54 Å². The van der Waals surface area contributed by atoms with Gasteiger partial charge in [0.15, 0.2) is 0 Å².